The van der Waals surface area contributed by atoms with E-state index in [0.29, 0.717) is 15.6 Å². The first-order chi connectivity index (χ1) is 16.3. The number of anilines is 2. The molecule has 4 amide bonds. The van der Waals surface area contributed by atoms with Crippen molar-refractivity contribution in [1.29, 1.82) is 0 Å². The number of carbonyl (C=O) groups excluding carboxylic acids is 4. The van der Waals surface area contributed by atoms with Gasteiger partial charge in [0.1, 0.15) is 12.1 Å². The van der Waals surface area contributed by atoms with E-state index in [4.69, 9.17) is 11.6 Å². The maximum Gasteiger partial charge on any atom is 0.282 e. The molecular formula is C23H15ClN4O6. The number of nitro groups is 1. The SMILES string of the molecule is O=C(CN1C(=O)c2cccc([N+](=O)[O-])c2C1=O)Nc1ccccc1C(=O)Nc1ccc(Cl)cc1. The number of nitrogens with one attached hydrogen (secondary N) is 2. The summed E-state index contributed by atoms with van der Waals surface area (Å²) in [7, 11) is 0. The van der Waals surface area contributed by atoms with Crippen LogP contribution in [0.1, 0.15) is 31.1 Å². The molecule has 0 fully saturated rings. The van der Waals surface area contributed by atoms with Gasteiger partial charge in [0.2, 0.25) is 5.91 Å². The lowest BCUT2D eigenvalue weighted by Gasteiger charge is -2.15. The number of para-hydroxylation sites is 1. The molecule has 0 aliphatic carbocycles. The molecule has 0 atom stereocenters. The molecular weight excluding hydrogens is 464 g/mol. The highest BCUT2D eigenvalue weighted by Gasteiger charge is 2.41. The van der Waals surface area contributed by atoms with Crippen molar-refractivity contribution >= 4 is 52.3 Å². The molecule has 1 aliphatic rings. The lowest BCUT2D eigenvalue weighted by molar-refractivity contribution is -0.385. The fraction of sp³-hybridized carbons (Fsp3) is 0.0435. The molecule has 11 heteroatoms. The summed E-state index contributed by atoms with van der Waals surface area (Å²) in [5.41, 5.74) is -0.223. The van der Waals surface area contributed by atoms with Crippen molar-refractivity contribution in [2.24, 2.45) is 0 Å². The van der Waals surface area contributed by atoms with E-state index in [-0.39, 0.29) is 22.4 Å². The summed E-state index contributed by atoms with van der Waals surface area (Å²) in [6.07, 6.45) is 0. The van der Waals surface area contributed by atoms with Crippen molar-refractivity contribution in [2.75, 3.05) is 17.2 Å². The first kappa shape index (κ1) is 22.6. The lowest BCUT2D eigenvalue weighted by atomic mass is 10.1. The Labute approximate surface area is 197 Å². The molecule has 0 spiro atoms. The lowest BCUT2D eigenvalue weighted by Crippen LogP contribution is -2.37. The standard InChI is InChI=1S/C23H15ClN4O6/c24-13-8-10-14(11-9-13)25-21(30)15-4-1-2-6-17(15)26-19(29)12-27-22(31)16-5-3-7-18(28(33)34)20(16)23(27)32/h1-11H,12H2,(H,25,30)(H,26,29). The first-order valence-electron chi connectivity index (χ1n) is 9.85. The van der Waals surface area contributed by atoms with Crippen molar-refractivity contribution in [3.63, 3.8) is 0 Å². The number of rotatable bonds is 6. The van der Waals surface area contributed by atoms with Gasteiger partial charge in [0.15, 0.2) is 0 Å². The Balaban J connectivity index is 1.50. The molecule has 170 valence electrons. The summed E-state index contributed by atoms with van der Waals surface area (Å²) in [4.78, 5) is 61.8. The van der Waals surface area contributed by atoms with Gasteiger partial charge in [-0.3, -0.25) is 34.2 Å². The molecule has 1 aliphatic heterocycles. The maximum atomic E-state index is 12.7. The predicted molar refractivity (Wildman–Crippen MR) is 123 cm³/mol. The number of carbonyl (C=O) groups is 4. The Kier molecular flexibility index (Phi) is 6.07. The number of nitro benzene ring substituents is 1. The second-order valence-electron chi connectivity index (χ2n) is 7.21. The van der Waals surface area contributed by atoms with Crippen LogP contribution >= 0.6 is 11.6 Å². The van der Waals surface area contributed by atoms with Crippen LogP contribution in [-0.2, 0) is 4.79 Å². The van der Waals surface area contributed by atoms with Crippen LogP contribution in [-0.4, -0.2) is 40.0 Å². The number of halogens is 1. The highest BCUT2D eigenvalue weighted by atomic mass is 35.5. The van der Waals surface area contributed by atoms with E-state index >= 15 is 0 Å². The number of amides is 4. The highest BCUT2D eigenvalue weighted by molar-refractivity contribution is 6.30. The summed E-state index contributed by atoms with van der Waals surface area (Å²) < 4.78 is 0. The Morgan fingerprint density at radius 1 is 0.912 bits per heavy atom. The van der Waals surface area contributed by atoms with Crippen molar-refractivity contribution in [2.45, 2.75) is 0 Å². The number of hydrogen-bond donors (Lipinski definition) is 2. The molecule has 10 nitrogen and oxygen atoms in total. The van der Waals surface area contributed by atoms with Crippen LogP contribution in [0.2, 0.25) is 5.02 Å². The fourth-order valence-electron chi connectivity index (χ4n) is 3.47. The van der Waals surface area contributed by atoms with E-state index in [0.717, 1.165) is 6.07 Å². The molecule has 0 radical (unpaired) electrons. The van der Waals surface area contributed by atoms with Crippen molar-refractivity contribution in [3.8, 4) is 0 Å². The third-order valence-electron chi connectivity index (χ3n) is 5.02. The van der Waals surface area contributed by atoms with Gasteiger partial charge >= 0.3 is 0 Å². The summed E-state index contributed by atoms with van der Waals surface area (Å²) >= 11 is 5.85. The Morgan fingerprint density at radius 3 is 2.32 bits per heavy atom. The number of fused-ring (bicyclic) bond motifs is 1. The number of imide groups is 1. The molecule has 0 bridgehead atoms. The van der Waals surface area contributed by atoms with Gasteiger partial charge in [0, 0.05) is 16.8 Å². The largest absolute Gasteiger partial charge is 0.324 e. The zero-order chi connectivity index (χ0) is 24.4. The fourth-order valence-corrected chi connectivity index (χ4v) is 3.59. The molecule has 3 aromatic carbocycles. The monoisotopic (exact) mass is 478 g/mol. The molecule has 4 rings (SSSR count). The molecule has 0 unspecified atom stereocenters. The average molecular weight is 479 g/mol. The zero-order valence-corrected chi connectivity index (χ0v) is 18.0. The van der Waals surface area contributed by atoms with Gasteiger partial charge in [0.25, 0.3) is 23.4 Å². The molecule has 0 aromatic heterocycles. The molecule has 3 aromatic rings. The van der Waals surface area contributed by atoms with Crippen LogP contribution in [0.25, 0.3) is 0 Å². The van der Waals surface area contributed by atoms with E-state index in [1.165, 1.54) is 24.3 Å². The van der Waals surface area contributed by atoms with Crippen LogP contribution in [0, 0.1) is 10.1 Å². The molecule has 0 saturated carbocycles. The summed E-state index contributed by atoms with van der Waals surface area (Å²) in [5.74, 6) is -3.01. The summed E-state index contributed by atoms with van der Waals surface area (Å²) in [5, 5.41) is 16.9. The third-order valence-corrected chi connectivity index (χ3v) is 5.28. The van der Waals surface area contributed by atoms with Crippen LogP contribution in [0.5, 0.6) is 0 Å². The minimum Gasteiger partial charge on any atom is -0.324 e. The van der Waals surface area contributed by atoms with Crippen molar-refractivity contribution in [3.05, 3.63) is 98.6 Å². The van der Waals surface area contributed by atoms with Crippen LogP contribution in [0.4, 0.5) is 17.1 Å². The van der Waals surface area contributed by atoms with Crippen molar-refractivity contribution < 1.29 is 24.1 Å². The average Bonchev–Trinajstić information content (AvgIpc) is 3.05. The van der Waals surface area contributed by atoms with Gasteiger partial charge in [-0.05, 0) is 42.5 Å². The van der Waals surface area contributed by atoms with Gasteiger partial charge in [-0.15, -0.1) is 0 Å². The van der Waals surface area contributed by atoms with Gasteiger partial charge in [-0.2, -0.15) is 0 Å². The Hall–Kier alpha value is -4.57. The van der Waals surface area contributed by atoms with Crippen molar-refractivity contribution in [1.82, 2.24) is 4.90 Å². The quantitative estimate of drug-likeness (QED) is 0.314. The maximum absolute atomic E-state index is 12.7. The second-order valence-corrected chi connectivity index (χ2v) is 7.64. The zero-order valence-electron chi connectivity index (χ0n) is 17.3. The summed E-state index contributed by atoms with van der Waals surface area (Å²) in [6, 6.07) is 16.3. The first-order valence-corrected chi connectivity index (χ1v) is 10.2. The Morgan fingerprint density at radius 2 is 1.62 bits per heavy atom. The topological polar surface area (TPSA) is 139 Å². The molecule has 1 heterocycles. The molecule has 0 saturated heterocycles. The minimum atomic E-state index is -0.934. The predicted octanol–water partition coefficient (Wildman–Crippen LogP) is 3.74. The van der Waals surface area contributed by atoms with E-state index in [1.54, 1.807) is 36.4 Å². The van der Waals surface area contributed by atoms with Gasteiger partial charge in [-0.25, -0.2) is 0 Å². The minimum absolute atomic E-state index is 0.142. The highest BCUT2D eigenvalue weighted by Crippen LogP contribution is 2.30. The third kappa shape index (κ3) is 4.34. The Bertz CT molecular complexity index is 1360. The van der Waals surface area contributed by atoms with Gasteiger partial charge < -0.3 is 10.6 Å². The van der Waals surface area contributed by atoms with Gasteiger partial charge in [0.05, 0.1) is 21.7 Å². The van der Waals surface area contributed by atoms with Crippen LogP contribution in [0.15, 0.2) is 66.7 Å². The number of hydrogen-bond acceptors (Lipinski definition) is 6. The van der Waals surface area contributed by atoms with Crippen LogP contribution in [0.3, 0.4) is 0 Å². The van der Waals surface area contributed by atoms with E-state index in [1.807, 2.05) is 0 Å². The van der Waals surface area contributed by atoms with Crippen LogP contribution < -0.4 is 10.6 Å². The number of nitrogens with zero attached hydrogens (tertiary/aromatic N) is 2. The molecule has 2 N–H and O–H groups in total. The van der Waals surface area contributed by atoms with Gasteiger partial charge in [-0.1, -0.05) is 29.8 Å². The van der Waals surface area contributed by atoms with E-state index in [9.17, 15) is 29.3 Å². The normalized spacial score (nSPS) is 12.3. The van der Waals surface area contributed by atoms with E-state index in [2.05, 4.69) is 10.6 Å². The summed E-state index contributed by atoms with van der Waals surface area (Å²) in [6.45, 7) is -0.684. The second kappa shape index (κ2) is 9.12. The molecule has 34 heavy (non-hydrogen) atoms. The van der Waals surface area contributed by atoms with E-state index < -0.39 is 40.8 Å². The smallest absolute Gasteiger partial charge is 0.282 e. The number of benzene rings is 3.